The first-order valence-corrected chi connectivity index (χ1v) is 4.64. The van der Waals surface area contributed by atoms with Gasteiger partial charge in [-0.15, -0.1) is 0 Å². The minimum absolute atomic E-state index is 0.237. The Balaban J connectivity index is 2.59. The van der Waals surface area contributed by atoms with Crippen LogP contribution in [0.3, 0.4) is 0 Å². The van der Waals surface area contributed by atoms with Crippen LogP contribution in [0.4, 0.5) is 0 Å². The van der Waals surface area contributed by atoms with Crippen LogP contribution in [-0.4, -0.2) is 10.5 Å². The standard InChI is InChI=1S/C12H11NO2/c1-9-10(12(14)15)5-4-6-11(9)13-7-2-3-8-13/h2-8H,1H3,(H,14,15)/p-1. The van der Waals surface area contributed by atoms with Crippen LogP contribution < -0.4 is 5.11 Å². The van der Waals surface area contributed by atoms with Crippen molar-refractivity contribution in [3.63, 3.8) is 0 Å². The van der Waals surface area contributed by atoms with E-state index in [4.69, 9.17) is 0 Å². The van der Waals surface area contributed by atoms with Crippen molar-refractivity contribution in [1.29, 1.82) is 0 Å². The van der Waals surface area contributed by atoms with Crippen LogP contribution in [0.1, 0.15) is 15.9 Å². The number of aromatic nitrogens is 1. The van der Waals surface area contributed by atoms with Gasteiger partial charge in [0.05, 0.1) is 5.97 Å². The Bertz CT molecular complexity index is 486. The van der Waals surface area contributed by atoms with E-state index >= 15 is 0 Å². The molecular weight excluding hydrogens is 190 g/mol. The van der Waals surface area contributed by atoms with Gasteiger partial charge in [0.1, 0.15) is 0 Å². The van der Waals surface area contributed by atoms with E-state index in [1.807, 2.05) is 35.2 Å². The highest BCUT2D eigenvalue weighted by molar-refractivity contribution is 5.88. The Morgan fingerprint density at radius 1 is 1.20 bits per heavy atom. The number of hydrogen-bond acceptors (Lipinski definition) is 2. The summed E-state index contributed by atoms with van der Waals surface area (Å²) in [5.74, 6) is -1.14. The van der Waals surface area contributed by atoms with E-state index in [9.17, 15) is 9.90 Å². The topological polar surface area (TPSA) is 45.1 Å². The number of rotatable bonds is 2. The number of carbonyl (C=O) groups excluding carboxylic acids is 1. The van der Waals surface area contributed by atoms with E-state index in [1.165, 1.54) is 0 Å². The first-order chi connectivity index (χ1) is 7.20. The van der Waals surface area contributed by atoms with E-state index in [0.717, 1.165) is 5.69 Å². The first kappa shape index (κ1) is 9.52. The van der Waals surface area contributed by atoms with E-state index in [-0.39, 0.29) is 5.56 Å². The van der Waals surface area contributed by atoms with Gasteiger partial charge in [-0.3, -0.25) is 0 Å². The third-order valence-electron chi connectivity index (χ3n) is 2.41. The van der Waals surface area contributed by atoms with Crippen LogP contribution in [0.15, 0.2) is 42.7 Å². The van der Waals surface area contributed by atoms with Gasteiger partial charge in [-0.1, -0.05) is 12.1 Å². The molecular formula is C12H10NO2-. The predicted octanol–water partition coefficient (Wildman–Crippen LogP) is 1.15. The summed E-state index contributed by atoms with van der Waals surface area (Å²) in [6.07, 6.45) is 3.75. The van der Waals surface area contributed by atoms with Crippen molar-refractivity contribution >= 4 is 5.97 Å². The highest BCUT2D eigenvalue weighted by atomic mass is 16.4. The molecule has 3 heteroatoms. The van der Waals surface area contributed by atoms with Crippen LogP contribution in [-0.2, 0) is 0 Å². The smallest absolute Gasteiger partial charge is 0.0718 e. The molecule has 0 bridgehead atoms. The van der Waals surface area contributed by atoms with E-state index in [0.29, 0.717) is 5.56 Å². The van der Waals surface area contributed by atoms with Gasteiger partial charge in [-0.25, -0.2) is 0 Å². The van der Waals surface area contributed by atoms with Crippen molar-refractivity contribution in [2.45, 2.75) is 6.92 Å². The van der Waals surface area contributed by atoms with E-state index in [2.05, 4.69) is 0 Å². The van der Waals surface area contributed by atoms with Crippen LogP contribution in [0.25, 0.3) is 5.69 Å². The molecule has 0 saturated carbocycles. The monoisotopic (exact) mass is 200 g/mol. The predicted molar refractivity (Wildman–Crippen MR) is 54.8 cm³/mol. The third-order valence-corrected chi connectivity index (χ3v) is 2.41. The largest absolute Gasteiger partial charge is 0.545 e. The summed E-state index contributed by atoms with van der Waals surface area (Å²) < 4.78 is 1.88. The molecule has 1 heterocycles. The first-order valence-electron chi connectivity index (χ1n) is 4.64. The average molecular weight is 200 g/mol. The molecule has 0 aliphatic rings. The van der Waals surface area contributed by atoms with Crippen LogP contribution in [0.2, 0.25) is 0 Å². The lowest BCUT2D eigenvalue weighted by Gasteiger charge is -2.12. The zero-order valence-electron chi connectivity index (χ0n) is 8.31. The molecule has 0 fully saturated rings. The van der Waals surface area contributed by atoms with Crippen molar-refractivity contribution < 1.29 is 9.90 Å². The maximum atomic E-state index is 10.8. The molecule has 2 aromatic rings. The summed E-state index contributed by atoms with van der Waals surface area (Å²) >= 11 is 0. The quantitative estimate of drug-likeness (QED) is 0.730. The lowest BCUT2D eigenvalue weighted by Crippen LogP contribution is -2.23. The lowest BCUT2D eigenvalue weighted by molar-refractivity contribution is -0.255. The summed E-state index contributed by atoms with van der Waals surface area (Å²) in [5, 5.41) is 10.8. The third kappa shape index (κ3) is 1.64. The van der Waals surface area contributed by atoms with Gasteiger partial charge >= 0.3 is 0 Å². The minimum atomic E-state index is -1.14. The SMILES string of the molecule is Cc1c(C(=O)[O-])cccc1-n1cccc1. The molecule has 0 aliphatic carbocycles. The summed E-state index contributed by atoms with van der Waals surface area (Å²) in [6.45, 7) is 1.78. The second-order valence-electron chi connectivity index (χ2n) is 3.33. The van der Waals surface area contributed by atoms with Crippen LogP contribution >= 0.6 is 0 Å². The van der Waals surface area contributed by atoms with Gasteiger partial charge in [0.2, 0.25) is 0 Å². The molecule has 2 rings (SSSR count). The average Bonchev–Trinajstić information content (AvgIpc) is 2.70. The van der Waals surface area contributed by atoms with Crippen molar-refractivity contribution in [3.8, 4) is 5.69 Å². The highest BCUT2D eigenvalue weighted by Crippen LogP contribution is 2.17. The van der Waals surface area contributed by atoms with Crippen molar-refractivity contribution in [1.82, 2.24) is 4.57 Å². The second-order valence-corrected chi connectivity index (χ2v) is 3.33. The molecule has 0 aliphatic heterocycles. The van der Waals surface area contributed by atoms with E-state index in [1.54, 1.807) is 19.1 Å². The number of hydrogen-bond donors (Lipinski definition) is 0. The van der Waals surface area contributed by atoms with E-state index < -0.39 is 5.97 Å². The van der Waals surface area contributed by atoms with Crippen LogP contribution in [0, 0.1) is 6.92 Å². The highest BCUT2D eigenvalue weighted by Gasteiger charge is 2.04. The lowest BCUT2D eigenvalue weighted by atomic mass is 10.1. The maximum absolute atomic E-state index is 10.8. The molecule has 0 amide bonds. The molecule has 0 N–H and O–H groups in total. The zero-order valence-corrected chi connectivity index (χ0v) is 8.31. The molecule has 0 radical (unpaired) electrons. The fraction of sp³-hybridized carbons (Fsp3) is 0.0833. The Morgan fingerprint density at radius 3 is 2.47 bits per heavy atom. The Kier molecular flexibility index (Phi) is 2.29. The number of aromatic carboxylic acids is 1. The molecule has 0 unspecified atom stereocenters. The number of nitrogens with zero attached hydrogens (tertiary/aromatic N) is 1. The zero-order chi connectivity index (χ0) is 10.8. The Labute approximate surface area is 87.6 Å². The number of carboxylic acids is 1. The van der Waals surface area contributed by atoms with Crippen molar-refractivity contribution in [3.05, 3.63) is 53.9 Å². The molecule has 0 spiro atoms. The maximum Gasteiger partial charge on any atom is 0.0718 e. The number of carbonyl (C=O) groups is 1. The summed E-state index contributed by atoms with van der Waals surface area (Å²) in [4.78, 5) is 10.8. The van der Waals surface area contributed by atoms with Gasteiger partial charge in [-0.2, -0.15) is 0 Å². The summed E-state index contributed by atoms with van der Waals surface area (Å²) in [7, 11) is 0. The second kappa shape index (κ2) is 3.61. The van der Waals surface area contributed by atoms with Crippen molar-refractivity contribution in [2.24, 2.45) is 0 Å². The van der Waals surface area contributed by atoms with Gasteiger partial charge in [0.25, 0.3) is 0 Å². The number of benzene rings is 1. The molecule has 3 nitrogen and oxygen atoms in total. The van der Waals surface area contributed by atoms with Gasteiger partial charge in [0, 0.05) is 23.6 Å². The Morgan fingerprint density at radius 2 is 1.87 bits per heavy atom. The van der Waals surface area contributed by atoms with Crippen molar-refractivity contribution in [2.75, 3.05) is 0 Å². The molecule has 15 heavy (non-hydrogen) atoms. The molecule has 76 valence electrons. The van der Waals surface area contributed by atoms with Gasteiger partial charge in [0.15, 0.2) is 0 Å². The fourth-order valence-corrected chi connectivity index (χ4v) is 1.62. The van der Waals surface area contributed by atoms with Gasteiger partial charge < -0.3 is 14.5 Å². The Hall–Kier alpha value is -2.03. The fourth-order valence-electron chi connectivity index (χ4n) is 1.62. The summed E-state index contributed by atoms with van der Waals surface area (Å²) in [5.41, 5.74) is 1.82. The molecule has 1 aromatic carbocycles. The van der Waals surface area contributed by atoms with Crippen LogP contribution in [0.5, 0.6) is 0 Å². The summed E-state index contributed by atoms with van der Waals surface area (Å²) in [6, 6.07) is 8.93. The normalized spacial score (nSPS) is 10.2. The minimum Gasteiger partial charge on any atom is -0.545 e. The molecule has 0 atom stereocenters. The molecule has 1 aromatic heterocycles. The molecule has 0 saturated heterocycles. The number of carboxylic acid groups (broad SMARTS) is 1. The van der Waals surface area contributed by atoms with Gasteiger partial charge in [-0.05, 0) is 30.7 Å².